The summed E-state index contributed by atoms with van der Waals surface area (Å²) < 4.78 is 0.780. The molecule has 2 amide bonds. The fourth-order valence-corrected chi connectivity index (χ4v) is 2.10. The Morgan fingerprint density at radius 2 is 2.05 bits per heavy atom. The van der Waals surface area contributed by atoms with E-state index in [4.69, 9.17) is 16.7 Å². The lowest BCUT2D eigenvalue weighted by Crippen LogP contribution is -2.37. The number of rotatable bonds is 5. The first-order valence-corrected chi connectivity index (χ1v) is 7.21. The van der Waals surface area contributed by atoms with Gasteiger partial charge in [-0.05, 0) is 24.1 Å². The maximum absolute atomic E-state index is 11.7. The number of carbonyl (C=O) groups is 2. The van der Waals surface area contributed by atoms with E-state index in [1.54, 1.807) is 32.0 Å². The fraction of sp³-hybridized carbons (Fsp3) is 0.385. The molecule has 1 aromatic carbocycles. The molecule has 3 N–H and O–H groups in total. The third-order valence-corrected chi connectivity index (χ3v) is 3.60. The number of aliphatic carboxylic acids is 1. The van der Waals surface area contributed by atoms with Gasteiger partial charge in [0.25, 0.3) is 0 Å². The van der Waals surface area contributed by atoms with Gasteiger partial charge in [0, 0.05) is 11.0 Å². The number of carboxylic acids is 1. The molecule has 0 spiro atoms. The van der Waals surface area contributed by atoms with Crippen LogP contribution in [0.15, 0.2) is 22.7 Å². The predicted molar refractivity (Wildman–Crippen MR) is 82.1 cm³/mol. The number of urea groups is 1. The zero-order valence-corrected chi connectivity index (χ0v) is 13.5. The van der Waals surface area contributed by atoms with Crippen LogP contribution < -0.4 is 10.6 Å². The van der Waals surface area contributed by atoms with Crippen LogP contribution in [0.5, 0.6) is 0 Å². The zero-order valence-electron chi connectivity index (χ0n) is 11.1. The Morgan fingerprint density at radius 1 is 1.40 bits per heavy atom. The lowest BCUT2D eigenvalue weighted by Gasteiger charge is -2.17. The van der Waals surface area contributed by atoms with E-state index in [2.05, 4.69) is 26.6 Å². The Bertz CT molecular complexity index is 508. The zero-order chi connectivity index (χ0) is 15.3. The molecule has 0 saturated heterocycles. The number of anilines is 1. The minimum Gasteiger partial charge on any atom is -0.481 e. The number of amides is 2. The molecule has 0 fully saturated rings. The molecule has 0 saturated carbocycles. The number of benzene rings is 1. The lowest BCUT2D eigenvalue weighted by atomic mass is 9.96. The van der Waals surface area contributed by atoms with Gasteiger partial charge in [0.2, 0.25) is 0 Å². The highest BCUT2D eigenvalue weighted by molar-refractivity contribution is 9.10. The van der Waals surface area contributed by atoms with E-state index >= 15 is 0 Å². The van der Waals surface area contributed by atoms with Gasteiger partial charge in [-0.3, -0.25) is 4.79 Å². The molecule has 110 valence electrons. The van der Waals surface area contributed by atoms with E-state index in [9.17, 15) is 9.59 Å². The number of carboxylic acid groups (broad SMARTS) is 1. The summed E-state index contributed by atoms with van der Waals surface area (Å²) >= 11 is 9.22. The maximum Gasteiger partial charge on any atom is 0.319 e. The Morgan fingerprint density at radius 3 is 2.60 bits per heavy atom. The van der Waals surface area contributed by atoms with Crippen molar-refractivity contribution in [2.24, 2.45) is 11.8 Å². The molecule has 0 aliphatic heterocycles. The Kier molecular flexibility index (Phi) is 6.29. The Hall–Kier alpha value is -1.27. The van der Waals surface area contributed by atoms with Crippen LogP contribution in [0.2, 0.25) is 5.02 Å². The van der Waals surface area contributed by atoms with E-state index in [1.165, 1.54) is 0 Å². The van der Waals surface area contributed by atoms with E-state index in [0.717, 1.165) is 4.47 Å². The number of halogens is 2. The van der Waals surface area contributed by atoms with Crippen LogP contribution in [0.1, 0.15) is 13.8 Å². The van der Waals surface area contributed by atoms with Crippen LogP contribution in [-0.2, 0) is 4.79 Å². The quantitative estimate of drug-likeness (QED) is 0.748. The topological polar surface area (TPSA) is 78.4 Å². The molecular formula is C13H16BrClN2O3. The molecule has 20 heavy (non-hydrogen) atoms. The van der Waals surface area contributed by atoms with Crippen molar-refractivity contribution in [3.05, 3.63) is 27.7 Å². The third-order valence-electron chi connectivity index (χ3n) is 2.78. The normalized spacial score (nSPS) is 12.1. The first-order valence-electron chi connectivity index (χ1n) is 6.04. The Balaban J connectivity index is 2.60. The summed E-state index contributed by atoms with van der Waals surface area (Å²) in [6.45, 7) is 3.65. The molecule has 7 heteroatoms. The molecule has 1 rings (SSSR count). The summed E-state index contributed by atoms with van der Waals surface area (Å²) in [5.74, 6) is -1.62. The van der Waals surface area contributed by atoms with Crippen molar-refractivity contribution in [3.63, 3.8) is 0 Å². The van der Waals surface area contributed by atoms with E-state index in [0.29, 0.717) is 10.7 Å². The van der Waals surface area contributed by atoms with Crippen molar-refractivity contribution in [2.75, 3.05) is 11.9 Å². The molecule has 0 aliphatic carbocycles. The summed E-state index contributed by atoms with van der Waals surface area (Å²) in [5, 5.41) is 14.5. The molecule has 5 nitrogen and oxygen atoms in total. The molecular weight excluding hydrogens is 348 g/mol. The van der Waals surface area contributed by atoms with Gasteiger partial charge in [-0.2, -0.15) is 0 Å². The minimum atomic E-state index is -0.930. The molecule has 0 aliphatic rings. The average Bonchev–Trinajstić information content (AvgIpc) is 2.33. The van der Waals surface area contributed by atoms with Crippen molar-refractivity contribution in [1.29, 1.82) is 0 Å². The molecule has 0 radical (unpaired) electrons. The van der Waals surface area contributed by atoms with Gasteiger partial charge in [0.05, 0.1) is 16.6 Å². The van der Waals surface area contributed by atoms with Crippen molar-refractivity contribution >= 4 is 45.2 Å². The van der Waals surface area contributed by atoms with Crippen LogP contribution in [0.4, 0.5) is 10.5 Å². The summed E-state index contributed by atoms with van der Waals surface area (Å²) in [6.07, 6.45) is 0. The second-order valence-electron chi connectivity index (χ2n) is 4.65. The smallest absolute Gasteiger partial charge is 0.319 e. The standard InChI is InChI=1S/C13H16BrClN2O3/c1-7(2)9(12(18)19)6-16-13(20)17-11-5-8(14)3-4-10(11)15/h3-5,7,9H,6H2,1-2H3,(H,18,19)(H2,16,17,20). The molecule has 1 unspecified atom stereocenters. The van der Waals surface area contributed by atoms with Crippen LogP contribution in [0, 0.1) is 11.8 Å². The van der Waals surface area contributed by atoms with Gasteiger partial charge >= 0.3 is 12.0 Å². The highest BCUT2D eigenvalue weighted by Gasteiger charge is 2.22. The SMILES string of the molecule is CC(C)C(CNC(=O)Nc1cc(Br)ccc1Cl)C(=O)O. The molecule has 1 aromatic rings. The summed E-state index contributed by atoms with van der Waals surface area (Å²) in [6, 6.07) is 4.58. The van der Waals surface area contributed by atoms with Crippen molar-refractivity contribution < 1.29 is 14.7 Å². The molecule has 1 atom stereocenters. The van der Waals surface area contributed by atoms with Crippen LogP contribution in [0.3, 0.4) is 0 Å². The molecule has 0 aromatic heterocycles. The van der Waals surface area contributed by atoms with Crippen LogP contribution in [-0.4, -0.2) is 23.7 Å². The van der Waals surface area contributed by atoms with Gasteiger partial charge in [-0.1, -0.05) is 41.4 Å². The van der Waals surface area contributed by atoms with Gasteiger partial charge < -0.3 is 15.7 Å². The van der Waals surface area contributed by atoms with Crippen molar-refractivity contribution in [1.82, 2.24) is 5.32 Å². The molecule has 0 bridgehead atoms. The van der Waals surface area contributed by atoms with Gasteiger partial charge in [0.1, 0.15) is 0 Å². The van der Waals surface area contributed by atoms with Crippen LogP contribution >= 0.6 is 27.5 Å². The first-order chi connectivity index (χ1) is 9.31. The van der Waals surface area contributed by atoms with E-state index < -0.39 is 17.9 Å². The summed E-state index contributed by atoms with van der Waals surface area (Å²) in [7, 11) is 0. The van der Waals surface area contributed by atoms with E-state index in [-0.39, 0.29) is 12.5 Å². The van der Waals surface area contributed by atoms with Crippen LogP contribution in [0.25, 0.3) is 0 Å². The largest absolute Gasteiger partial charge is 0.481 e. The lowest BCUT2D eigenvalue weighted by molar-refractivity contribution is -0.142. The number of carbonyl (C=O) groups excluding carboxylic acids is 1. The highest BCUT2D eigenvalue weighted by Crippen LogP contribution is 2.25. The molecule has 0 heterocycles. The van der Waals surface area contributed by atoms with Gasteiger partial charge in [-0.15, -0.1) is 0 Å². The second kappa shape index (κ2) is 7.50. The van der Waals surface area contributed by atoms with Crippen molar-refractivity contribution in [2.45, 2.75) is 13.8 Å². The number of hydrogen-bond acceptors (Lipinski definition) is 2. The van der Waals surface area contributed by atoms with E-state index in [1.807, 2.05) is 0 Å². The summed E-state index contributed by atoms with van der Waals surface area (Å²) in [5.41, 5.74) is 0.454. The first kappa shape index (κ1) is 16.8. The number of nitrogens with one attached hydrogen (secondary N) is 2. The third kappa shape index (κ3) is 5.02. The second-order valence-corrected chi connectivity index (χ2v) is 5.97. The summed E-state index contributed by atoms with van der Waals surface area (Å²) in [4.78, 5) is 22.7. The Labute approximate surface area is 130 Å². The monoisotopic (exact) mass is 362 g/mol. The minimum absolute atomic E-state index is 0.0600. The number of hydrogen-bond donors (Lipinski definition) is 3. The maximum atomic E-state index is 11.7. The van der Waals surface area contributed by atoms with Crippen molar-refractivity contribution in [3.8, 4) is 0 Å². The highest BCUT2D eigenvalue weighted by atomic mass is 79.9. The average molecular weight is 364 g/mol. The van der Waals surface area contributed by atoms with Gasteiger partial charge in [-0.25, -0.2) is 4.79 Å². The predicted octanol–water partition coefficient (Wildman–Crippen LogP) is 3.58. The van der Waals surface area contributed by atoms with Gasteiger partial charge in [0.15, 0.2) is 0 Å². The fourth-order valence-electron chi connectivity index (χ4n) is 1.57.